The Labute approximate surface area is 207 Å². The number of furan rings is 1. The van der Waals surface area contributed by atoms with Crippen molar-refractivity contribution in [2.45, 2.75) is 0 Å². The molecule has 0 atom stereocenters. The van der Waals surface area contributed by atoms with Gasteiger partial charge in [0.2, 0.25) is 0 Å². The first-order valence-electron chi connectivity index (χ1n) is 12.3. The van der Waals surface area contributed by atoms with E-state index in [0.717, 1.165) is 27.6 Å². The van der Waals surface area contributed by atoms with Crippen LogP contribution >= 0.6 is 0 Å². The van der Waals surface area contributed by atoms with Crippen LogP contribution in [-0.4, -0.2) is 4.57 Å². The second-order valence-electron chi connectivity index (χ2n) is 9.39. The van der Waals surface area contributed by atoms with E-state index in [1.807, 2.05) is 12.1 Å². The van der Waals surface area contributed by atoms with Gasteiger partial charge in [-0.2, -0.15) is 0 Å². The molecule has 0 aliphatic carbocycles. The van der Waals surface area contributed by atoms with Gasteiger partial charge in [0.05, 0.1) is 11.0 Å². The van der Waals surface area contributed by atoms with Crippen LogP contribution in [0.1, 0.15) is 0 Å². The van der Waals surface area contributed by atoms with E-state index in [9.17, 15) is 0 Å². The molecule has 0 unspecified atom stereocenters. The number of aromatic nitrogens is 1. The molecule has 0 amide bonds. The van der Waals surface area contributed by atoms with E-state index in [1.165, 1.54) is 43.7 Å². The fraction of sp³-hybridized carbons (Fsp3) is 0. The third-order valence-corrected chi connectivity index (χ3v) is 7.39. The molecule has 0 saturated carbocycles. The highest BCUT2D eigenvalue weighted by atomic mass is 16.3. The van der Waals surface area contributed by atoms with Crippen molar-refractivity contribution in [3.05, 3.63) is 127 Å². The largest absolute Gasteiger partial charge is 0.456 e. The molecule has 0 saturated heterocycles. The summed E-state index contributed by atoms with van der Waals surface area (Å²) in [5.74, 6) is 0. The standard InChI is InChI=1S/C34H21NO/c1-2-10-25-22(8-1)9-7-13-26(25)23-16-18-32-29(20-23)27-11-3-5-14-31(27)35(32)24-17-19-34-30(21-24)28-12-4-6-15-33(28)36-34/h1-21H. The first-order valence-corrected chi connectivity index (χ1v) is 12.3. The van der Waals surface area contributed by atoms with Crippen molar-refractivity contribution < 1.29 is 4.42 Å². The number of fused-ring (bicyclic) bond motifs is 7. The molecule has 2 heteroatoms. The molecule has 0 aliphatic rings. The van der Waals surface area contributed by atoms with E-state index >= 15 is 0 Å². The molecule has 6 aromatic carbocycles. The van der Waals surface area contributed by atoms with E-state index in [2.05, 4.69) is 120 Å². The zero-order valence-electron chi connectivity index (χ0n) is 19.5. The average molecular weight is 460 g/mol. The van der Waals surface area contributed by atoms with Crippen LogP contribution in [0.4, 0.5) is 0 Å². The van der Waals surface area contributed by atoms with E-state index < -0.39 is 0 Å². The molecule has 8 rings (SSSR count). The van der Waals surface area contributed by atoms with Gasteiger partial charge in [-0.15, -0.1) is 0 Å². The summed E-state index contributed by atoms with van der Waals surface area (Å²) in [7, 11) is 0. The molecule has 168 valence electrons. The van der Waals surface area contributed by atoms with Crippen molar-refractivity contribution in [3.63, 3.8) is 0 Å². The van der Waals surface area contributed by atoms with Gasteiger partial charge in [-0.3, -0.25) is 0 Å². The summed E-state index contributed by atoms with van der Waals surface area (Å²) in [5.41, 5.74) is 7.88. The predicted octanol–water partition coefficient (Wildman–Crippen LogP) is 9.50. The van der Waals surface area contributed by atoms with Crippen LogP contribution in [0.5, 0.6) is 0 Å². The van der Waals surface area contributed by atoms with Crippen molar-refractivity contribution in [1.29, 1.82) is 0 Å². The van der Waals surface area contributed by atoms with Gasteiger partial charge >= 0.3 is 0 Å². The van der Waals surface area contributed by atoms with Gasteiger partial charge < -0.3 is 8.98 Å². The Morgan fingerprint density at radius 3 is 2.11 bits per heavy atom. The minimum Gasteiger partial charge on any atom is -0.456 e. The molecule has 2 nitrogen and oxygen atoms in total. The van der Waals surface area contributed by atoms with Gasteiger partial charge in [-0.05, 0) is 64.4 Å². The third kappa shape index (κ3) is 2.73. The molecular formula is C34H21NO. The molecule has 0 N–H and O–H groups in total. The Kier molecular flexibility index (Phi) is 3.97. The Hall–Kier alpha value is -4.82. The van der Waals surface area contributed by atoms with E-state index in [-0.39, 0.29) is 0 Å². The van der Waals surface area contributed by atoms with Crippen molar-refractivity contribution in [1.82, 2.24) is 4.57 Å². The van der Waals surface area contributed by atoms with Crippen LogP contribution in [0, 0.1) is 0 Å². The number of hydrogen-bond acceptors (Lipinski definition) is 1. The van der Waals surface area contributed by atoms with Gasteiger partial charge in [-0.25, -0.2) is 0 Å². The minimum atomic E-state index is 0.916. The lowest BCUT2D eigenvalue weighted by Gasteiger charge is -2.10. The van der Waals surface area contributed by atoms with Crippen molar-refractivity contribution in [2.24, 2.45) is 0 Å². The zero-order chi connectivity index (χ0) is 23.6. The molecule has 2 heterocycles. The number of benzene rings is 6. The maximum absolute atomic E-state index is 6.09. The molecule has 8 aromatic rings. The molecular weight excluding hydrogens is 438 g/mol. The summed E-state index contributed by atoms with van der Waals surface area (Å²) >= 11 is 0. The lowest BCUT2D eigenvalue weighted by atomic mass is 9.97. The van der Waals surface area contributed by atoms with E-state index in [0.29, 0.717) is 0 Å². The molecule has 36 heavy (non-hydrogen) atoms. The van der Waals surface area contributed by atoms with E-state index in [4.69, 9.17) is 4.42 Å². The van der Waals surface area contributed by atoms with Crippen LogP contribution in [0.2, 0.25) is 0 Å². The van der Waals surface area contributed by atoms with Crippen LogP contribution in [0.3, 0.4) is 0 Å². The third-order valence-electron chi connectivity index (χ3n) is 7.39. The van der Waals surface area contributed by atoms with Gasteiger partial charge in [0.1, 0.15) is 11.2 Å². The summed E-state index contributed by atoms with van der Waals surface area (Å²) in [6, 6.07) is 45.5. The highest BCUT2D eigenvalue weighted by Gasteiger charge is 2.15. The second-order valence-corrected chi connectivity index (χ2v) is 9.39. The Morgan fingerprint density at radius 2 is 1.17 bits per heavy atom. The van der Waals surface area contributed by atoms with Crippen molar-refractivity contribution >= 4 is 54.5 Å². The highest BCUT2D eigenvalue weighted by Crippen LogP contribution is 2.38. The molecule has 0 fully saturated rings. The predicted molar refractivity (Wildman–Crippen MR) is 151 cm³/mol. The average Bonchev–Trinajstić information content (AvgIpc) is 3.47. The van der Waals surface area contributed by atoms with Gasteiger partial charge in [-0.1, -0.05) is 84.9 Å². The maximum Gasteiger partial charge on any atom is 0.135 e. The molecule has 0 bridgehead atoms. The van der Waals surface area contributed by atoms with Gasteiger partial charge in [0.15, 0.2) is 0 Å². The van der Waals surface area contributed by atoms with Crippen LogP contribution in [-0.2, 0) is 0 Å². The summed E-state index contributed by atoms with van der Waals surface area (Å²) in [6.07, 6.45) is 0. The maximum atomic E-state index is 6.09. The molecule has 0 radical (unpaired) electrons. The Bertz CT molecular complexity index is 2100. The zero-order valence-corrected chi connectivity index (χ0v) is 19.5. The number of para-hydroxylation sites is 2. The second kappa shape index (κ2) is 7.34. The first kappa shape index (κ1) is 19.5. The fourth-order valence-corrected chi connectivity index (χ4v) is 5.75. The topological polar surface area (TPSA) is 18.1 Å². The SMILES string of the molecule is c1ccc2c(-c3ccc4c(c3)c3ccccc3n4-c3ccc4oc5ccccc5c4c3)cccc2c1. The van der Waals surface area contributed by atoms with Crippen LogP contribution < -0.4 is 0 Å². The number of nitrogens with zero attached hydrogens (tertiary/aromatic N) is 1. The molecule has 0 spiro atoms. The quantitative estimate of drug-likeness (QED) is 0.252. The highest BCUT2D eigenvalue weighted by molar-refractivity contribution is 6.12. The molecule has 2 aromatic heterocycles. The number of rotatable bonds is 2. The lowest BCUT2D eigenvalue weighted by Crippen LogP contribution is -1.93. The summed E-state index contributed by atoms with van der Waals surface area (Å²) in [6.45, 7) is 0. The summed E-state index contributed by atoms with van der Waals surface area (Å²) in [5, 5.41) is 7.34. The van der Waals surface area contributed by atoms with Gasteiger partial charge in [0.25, 0.3) is 0 Å². The fourth-order valence-electron chi connectivity index (χ4n) is 5.75. The minimum absolute atomic E-state index is 0.916. The van der Waals surface area contributed by atoms with Crippen molar-refractivity contribution in [2.75, 3.05) is 0 Å². The Balaban J connectivity index is 1.41. The normalized spacial score (nSPS) is 11.9. The summed E-state index contributed by atoms with van der Waals surface area (Å²) in [4.78, 5) is 0. The smallest absolute Gasteiger partial charge is 0.135 e. The van der Waals surface area contributed by atoms with Crippen LogP contribution in [0.25, 0.3) is 71.3 Å². The Morgan fingerprint density at radius 1 is 0.444 bits per heavy atom. The van der Waals surface area contributed by atoms with E-state index in [1.54, 1.807) is 0 Å². The van der Waals surface area contributed by atoms with Gasteiger partial charge in [0, 0.05) is 27.2 Å². The molecule has 0 aliphatic heterocycles. The van der Waals surface area contributed by atoms with Crippen LogP contribution in [0.15, 0.2) is 132 Å². The van der Waals surface area contributed by atoms with Crippen molar-refractivity contribution in [3.8, 4) is 16.8 Å². The summed E-state index contributed by atoms with van der Waals surface area (Å²) < 4.78 is 8.46. The number of hydrogen-bond donors (Lipinski definition) is 0. The lowest BCUT2D eigenvalue weighted by molar-refractivity contribution is 0.669. The first-order chi connectivity index (χ1) is 17.8. The monoisotopic (exact) mass is 459 g/mol.